The highest BCUT2D eigenvalue weighted by Crippen LogP contribution is 2.83. The maximum absolute atomic E-state index is 14.4. The summed E-state index contributed by atoms with van der Waals surface area (Å²) in [6.45, 7) is 12.1. The predicted molar refractivity (Wildman–Crippen MR) is 210 cm³/mol. The number of hydrogen-bond donors (Lipinski definition) is 3. The minimum absolute atomic E-state index is 0.0319. The lowest BCUT2D eigenvalue weighted by Gasteiger charge is -2.31. The number of alkyl carbamates (subject to hydrolysis) is 1. The Kier molecular flexibility index (Phi) is 10.9. The van der Waals surface area contributed by atoms with Gasteiger partial charge in [-0.15, -0.1) is 6.58 Å². The number of unbranched alkanes of at least 4 members (excludes halogenated alkanes) is 2. The fourth-order valence-corrected chi connectivity index (χ4v) is 9.92. The van der Waals surface area contributed by atoms with Crippen molar-refractivity contribution >= 4 is 44.7 Å². The van der Waals surface area contributed by atoms with Crippen LogP contribution in [0.4, 0.5) is 4.79 Å². The summed E-state index contributed by atoms with van der Waals surface area (Å²) in [6.07, 6.45) is 6.69. The molecule has 3 saturated carbocycles. The third-order valence-electron chi connectivity index (χ3n) is 12.3. The van der Waals surface area contributed by atoms with Gasteiger partial charge >= 0.3 is 6.09 Å². The summed E-state index contributed by atoms with van der Waals surface area (Å²) in [5, 5.41) is 5.58. The Balaban J connectivity index is 1.23. The minimum Gasteiger partial charge on any atom is -0.496 e. The average Bonchev–Trinajstić information content (AvgIpc) is 4.11. The molecule has 310 valence electrons. The number of sulfonamides is 1. The van der Waals surface area contributed by atoms with E-state index < -0.39 is 68.2 Å². The zero-order valence-corrected chi connectivity index (χ0v) is 34.3. The van der Waals surface area contributed by atoms with Crippen molar-refractivity contribution in [3.63, 3.8) is 0 Å². The molecular weight excluding hydrogens is 755 g/mol. The third kappa shape index (κ3) is 7.85. The van der Waals surface area contributed by atoms with Crippen molar-refractivity contribution in [1.82, 2.24) is 25.2 Å². The van der Waals surface area contributed by atoms with Crippen LogP contribution in [0.1, 0.15) is 91.0 Å². The number of pyridine rings is 1. The number of aromatic nitrogens is 1. The summed E-state index contributed by atoms with van der Waals surface area (Å²) >= 11 is 0. The molecule has 4 fully saturated rings. The lowest BCUT2D eigenvalue weighted by molar-refractivity contribution is -0.141. The van der Waals surface area contributed by atoms with Gasteiger partial charge in [0.05, 0.1) is 37.6 Å². The number of benzene rings is 1. The number of ether oxygens (including phenoxy) is 4. The maximum atomic E-state index is 14.4. The number of cyclic esters (lactones) is 1. The topological polar surface area (TPSA) is 192 Å². The maximum Gasteiger partial charge on any atom is 0.407 e. The normalized spacial score (nSPS) is 29.5. The van der Waals surface area contributed by atoms with Crippen LogP contribution >= 0.6 is 0 Å². The Bertz CT molecular complexity index is 2070. The summed E-state index contributed by atoms with van der Waals surface area (Å²) in [5.41, 5.74) is -1.15. The highest BCUT2D eigenvalue weighted by atomic mass is 32.2. The van der Waals surface area contributed by atoms with Gasteiger partial charge in [-0.05, 0) is 68.9 Å². The number of carbonyl (C=O) groups is 4. The largest absolute Gasteiger partial charge is 0.496 e. The van der Waals surface area contributed by atoms with E-state index in [1.165, 1.54) is 11.8 Å². The number of rotatable bonds is 12. The molecule has 1 saturated heterocycles. The van der Waals surface area contributed by atoms with Crippen LogP contribution in [0.25, 0.3) is 10.9 Å². The van der Waals surface area contributed by atoms with Gasteiger partial charge in [0, 0.05) is 35.3 Å². The highest BCUT2D eigenvalue weighted by molar-refractivity contribution is 7.91. The number of amides is 4. The molecule has 57 heavy (non-hydrogen) atoms. The van der Waals surface area contributed by atoms with Crippen LogP contribution < -0.4 is 29.6 Å². The second-order valence-electron chi connectivity index (χ2n) is 17.1. The SMILES string of the molecule is C=C[C@]12C[C@H]1[C@]2(NC(=O)[C@@H]1C[C@@H]2CN1C(=O)[C@H](C)NC(=O)OCC(C)(C)CCCc1cc3c(cc(OCCCCC)nc3cc1OC)O2)C(=O)NS(=O)(=O)C1CC1. The number of carbonyl (C=O) groups excluding carboxylic acids is 4. The molecule has 2 aromatic rings. The summed E-state index contributed by atoms with van der Waals surface area (Å²) in [4.78, 5) is 61.5. The smallest absolute Gasteiger partial charge is 0.407 e. The molecule has 0 unspecified atom stereocenters. The van der Waals surface area contributed by atoms with Gasteiger partial charge in [0.2, 0.25) is 27.7 Å². The van der Waals surface area contributed by atoms with Gasteiger partial charge in [0.1, 0.15) is 35.2 Å². The Hall–Kier alpha value is -4.60. The highest BCUT2D eigenvalue weighted by Gasteiger charge is 2.92. The first-order chi connectivity index (χ1) is 27.1. The van der Waals surface area contributed by atoms with Crippen LogP contribution in [0.2, 0.25) is 0 Å². The van der Waals surface area contributed by atoms with Crippen LogP contribution in [0.5, 0.6) is 17.4 Å². The standard InChI is InChI=1S/C41H55N5O10S/c1-7-9-10-16-54-34-20-32-28-17-25(31(53-6)19-29(28)43-34)12-11-15-39(4,5)23-55-38(50)42-24(3)36(48)46-22-26(56-32)18-30(46)35(47)44-41(33-21-40(33,41)8-2)37(49)45-57(51,52)27-13-14-27/h8,17,19-20,24,26-27,30,33H,2,7,9-16,18,21-23H2,1,3-6H3,(H,42,50)(H,44,47)(H,45,49)/t24-,26+,30-,33+,40-,41-/m0/s1. The Labute approximate surface area is 334 Å². The summed E-state index contributed by atoms with van der Waals surface area (Å²) < 4.78 is 52.1. The molecule has 2 aliphatic heterocycles. The van der Waals surface area contributed by atoms with Gasteiger partial charge in [-0.2, -0.15) is 0 Å². The van der Waals surface area contributed by atoms with Crippen LogP contribution in [0, 0.1) is 16.7 Å². The zero-order chi connectivity index (χ0) is 40.9. The summed E-state index contributed by atoms with van der Waals surface area (Å²) in [5.74, 6) is -0.851. The van der Waals surface area contributed by atoms with E-state index in [1.54, 1.807) is 19.3 Å². The molecule has 5 aliphatic rings. The number of hydrogen-bond acceptors (Lipinski definition) is 11. The van der Waals surface area contributed by atoms with E-state index in [2.05, 4.69) is 28.9 Å². The molecule has 16 heteroatoms. The van der Waals surface area contributed by atoms with E-state index in [4.69, 9.17) is 23.9 Å². The molecule has 6 atom stereocenters. The van der Waals surface area contributed by atoms with E-state index in [-0.39, 0.29) is 30.9 Å². The molecule has 3 aliphatic carbocycles. The third-order valence-corrected chi connectivity index (χ3v) is 14.1. The number of nitrogens with zero attached hydrogens (tertiary/aromatic N) is 2. The van der Waals surface area contributed by atoms with Crippen LogP contribution in [0.3, 0.4) is 0 Å². The fraction of sp³-hybridized carbons (Fsp3) is 0.634. The van der Waals surface area contributed by atoms with Crippen molar-refractivity contribution in [1.29, 1.82) is 0 Å². The first-order valence-corrected chi connectivity index (χ1v) is 21.7. The number of fused-ring (bicyclic) bond motifs is 4. The summed E-state index contributed by atoms with van der Waals surface area (Å²) in [7, 11) is -2.30. The molecule has 4 amide bonds. The second kappa shape index (κ2) is 15.3. The van der Waals surface area contributed by atoms with E-state index in [0.717, 1.165) is 37.7 Å². The van der Waals surface area contributed by atoms with Crippen molar-refractivity contribution in [2.24, 2.45) is 16.7 Å². The van der Waals surface area contributed by atoms with Gasteiger partial charge in [-0.1, -0.05) is 39.7 Å². The number of methoxy groups -OCH3 is 1. The van der Waals surface area contributed by atoms with Crippen LogP contribution in [0.15, 0.2) is 30.9 Å². The van der Waals surface area contributed by atoms with Gasteiger partial charge in [0.25, 0.3) is 5.91 Å². The van der Waals surface area contributed by atoms with E-state index in [9.17, 15) is 27.6 Å². The molecule has 1 aromatic heterocycles. The van der Waals surface area contributed by atoms with Crippen molar-refractivity contribution in [2.75, 3.05) is 26.9 Å². The molecule has 4 bridgehead atoms. The lowest BCUT2D eigenvalue weighted by atomic mass is 9.87. The predicted octanol–water partition coefficient (Wildman–Crippen LogP) is 4.31. The molecule has 15 nitrogen and oxygen atoms in total. The quantitative estimate of drug-likeness (QED) is 0.205. The molecule has 3 heterocycles. The first-order valence-electron chi connectivity index (χ1n) is 20.1. The van der Waals surface area contributed by atoms with Gasteiger partial charge in [-0.3, -0.25) is 19.1 Å². The Morgan fingerprint density at radius 3 is 2.61 bits per heavy atom. The van der Waals surface area contributed by atoms with E-state index >= 15 is 0 Å². The second-order valence-corrected chi connectivity index (χ2v) is 19.1. The fourth-order valence-electron chi connectivity index (χ4n) is 8.57. The minimum atomic E-state index is -3.91. The van der Waals surface area contributed by atoms with E-state index in [1.807, 2.05) is 26.0 Å². The van der Waals surface area contributed by atoms with Gasteiger partial charge < -0.3 is 34.5 Å². The molecular formula is C41H55N5O10S. The number of nitrogens with one attached hydrogen (secondary N) is 3. The van der Waals surface area contributed by atoms with Crippen LogP contribution in [-0.4, -0.2) is 98.0 Å². The molecule has 7 rings (SSSR count). The van der Waals surface area contributed by atoms with Gasteiger partial charge in [-0.25, -0.2) is 18.2 Å². The van der Waals surface area contributed by atoms with Crippen molar-refractivity contribution in [3.05, 3.63) is 36.4 Å². The van der Waals surface area contributed by atoms with Crippen molar-refractivity contribution in [2.45, 2.75) is 121 Å². The molecule has 1 aromatic carbocycles. The zero-order valence-electron chi connectivity index (χ0n) is 33.5. The first kappa shape index (κ1) is 40.6. The average molecular weight is 810 g/mol. The molecule has 0 radical (unpaired) electrons. The number of aryl methyl sites for hydroxylation is 1. The Morgan fingerprint density at radius 2 is 1.95 bits per heavy atom. The van der Waals surface area contributed by atoms with Gasteiger partial charge in [0.15, 0.2) is 0 Å². The van der Waals surface area contributed by atoms with Crippen molar-refractivity contribution < 1.29 is 46.5 Å². The Morgan fingerprint density at radius 1 is 1.18 bits per heavy atom. The lowest BCUT2D eigenvalue weighted by Crippen LogP contribution is -2.61. The summed E-state index contributed by atoms with van der Waals surface area (Å²) in [6, 6.07) is 3.37. The molecule has 3 N–H and O–H groups in total. The molecule has 0 spiro atoms. The van der Waals surface area contributed by atoms with E-state index in [0.29, 0.717) is 60.6 Å². The monoisotopic (exact) mass is 809 g/mol. The van der Waals surface area contributed by atoms with Crippen molar-refractivity contribution in [3.8, 4) is 17.4 Å². The van der Waals surface area contributed by atoms with Crippen LogP contribution in [-0.2, 0) is 35.6 Å².